The van der Waals surface area contributed by atoms with Crippen LogP contribution in [0.4, 0.5) is 0 Å². The Hall–Kier alpha value is -0.433. The Morgan fingerprint density at radius 3 is 2.24 bits per heavy atom. The van der Waals surface area contributed by atoms with Gasteiger partial charge >= 0.3 is 5.97 Å². The van der Waals surface area contributed by atoms with Crippen molar-refractivity contribution in [3.63, 3.8) is 0 Å². The lowest BCUT2D eigenvalue weighted by atomic mass is 9.97. The molecule has 1 fully saturated rings. The predicted octanol–water partition coefficient (Wildman–Crippen LogP) is 6.91. The Bertz CT molecular complexity index is 638. The monoisotopic (exact) mass is 504 g/mol. The van der Waals surface area contributed by atoms with Gasteiger partial charge in [-0.3, -0.25) is 9.59 Å². The van der Waals surface area contributed by atoms with E-state index in [2.05, 4.69) is 33.9 Å². The molecule has 0 N–H and O–H groups in total. The largest absolute Gasteiger partial charge is 0.465 e. The topological polar surface area (TPSA) is 61.8 Å². The van der Waals surface area contributed by atoms with Crippen molar-refractivity contribution in [1.82, 2.24) is 0 Å². The van der Waals surface area contributed by atoms with Crippen molar-refractivity contribution in [2.75, 3.05) is 6.61 Å². The second-order valence-corrected chi connectivity index (χ2v) is 17.8. The van der Waals surface area contributed by atoms with Crippen molar-refractivity contribution >= 4 is 31.7 Å². The zero-order chi connectivity index (χ0) is 25.6. The Morgan fingerprint density at radius 1 is 1.12 bits per heavy atom. The first kappa shape index (κ1) is 30.6. The fourth-order valence-electron chi connectivity index (χ4n) is 3.63. The highest BCUT2D eigenvalue weighted by atomic mass is 35.5. The first-order valence-corrected chi connectivity index (χ1v) is 15.9. The molecule has 0 saturated carbocycles. The maximum absolute atomic E-state index is 12.0. The summed E-state index contributed by atoms with van der Waals surface area (Å²) >= 11 is 6.57. The SMILES string of the molecule is CC(=O)[C@H](C)C[C@@H](Cl)CC[C@@H]1O[C@@H](CCCOC(=O)C(C)(C)C)C[C@@H]1O[Si](C)(C)C(C)(C)C. The van der Waals surface area contributed by atoms with Crippen molar-refractivity contribution in [2.24, 2.45) is 11.3 Å². The van der Waals surface area contributed by atoms with Gasteiger partial charge in [-0.05, 0) is 77.9 Å². The van der Waals surface area contributed by atoms with E-state index in [1.54, 1.807) is 6.92 Å². The number of hydrogen-bond acceptors (Lipinski definition) is 5. The van der Waals surface area contributed by atoms with Crippen molar-refractivity contribution in [1.29, 1.82) is 0 Å². The van der Waals surface area contributed by atoms with Crippen LogP contribution in [0.2, 0.25) is 18.1 Å². The molecule has 0 aromatic heterocycles. The molecule has 1 heterocycles. The van der Waals surface area contributed by atoms with Crippen molar-refractivity contribution < 1.29 is 23.5 Å². The number of Topliss-reactive ketones (excluding diaryl/α,β-unsaturated/α-hetero) is 1. The highest BCUT2D eigenvalue weighted by molar-refractivity contribution is 6.74. The maximum Gasteiger partial charge on any atom is 0.311 e. The molecule has 33 heavy (non-hydrogen) atoms. The number of alkyl halides is 1. The summed E-state index contributed by atoms with van der Waals surface area (Å²) in [5, 5.41) is 0.0832. The van der Waals surface area contributed by atoms with E-state index < -0.39 is 13.7 Å². The van der Waals surface area contributed by atoms with Gasteiger partial charge in [-0.25, -0.2) is 0 Å². The van der Waals surface area contributed by atoms with Crippen LogP contribution in [0.15, 0.2) is 0 Å². The first-order chi connectivity index (χ1) is 14.9. The van der Waals surface area contributed by atoms with E-state index in [9.17, 15) is 9.59 Å². The normalized spacial score (nSPS) is 23.9. The number of ketones is 1. The summed E-state index contributed by atoms with van der Waals surface area (Å²) in [5.74, 6) is 0.00348. The van der Waals surface area contributed by atoms with Crippen LogP contribution in [0.25, 0.3) is 0 Å². The van der Waals surface area contributed by atoms with E-state index in [0.717, 1.165) is 32.1 Å². The van der Waals surface area contributed by atoms with Gasteiger partial charge in [0.05, 0.1) is 30.3 Å². The molecule has 1 aliphatic rings. The number of carbonyl (C=O) groups excluding carboxylic acids is 2. The van der Waals surface area contributed by atoms with Gasteiger partial charge in [-0.1, -0.05) is 27.7 Å². The van der Waals surface area contributed by atoms with Crippen LogP contribution in [0.1, 0.15) is 93.9 Å². The summed E-state index contributed by atoms with van der Waals surface area (Å²) in [5.41, 5.74) is -0.477. The van der Waals surface area contributed by atoms with Crippen LogP contribution in [0.3, 0.4) is 0 Å². The fourth-order valence-corrected chi connectivity index (χ4v) is 5.38. The molecular weight excluding hydrogens is 456 g/mol. The van der Waals surface area contributed by atoms with Crippen molar-refractivity contribution in [2.45, 2.75) is 136 Å². The minimum Gasteiger partial charge on any atom is -0.465 e. The lowest BCUT2D eigenvalue weighted by molar-refractivity contribution is -0.153. The number of hydrogen-bond donors (Lipinski definition) is 0. The molecule has 0 aromatic rings. The number of esters is 1. The Labute approximate surface area is 208 Å². The Kier molecular flexibility index (Phi) is 11.6. The lowest BCUT2D eigenvalue weighted by Gasteiger charge is -2.39. The number of carbonyl (C=O) groups is 2. The van der Waals surface area contributed by atoms with Gasteiger partial charge in [0.15, 0.2) is 8.32 Å². The molecule has 0 aliphatic carbocycles. The highest BCUT2D eigenvalue weighted by Crippen LogP contribution is 2.41. The molecule has 1 rings (SSSR count). The third kappa shape index (κ3) is 10.4. The molecule has 5 atom stereocenters. The summed E-state index contributed by atoms with van der Waals surface area (Å²) in [7, 11) is -1.94. The van der Waals surface area contributed by atoms with Crippen LogP contribution in [0.5, 0.6) is 0 Å². The average molecular weight is 505 g/mol. The average Bonchev–Trinajstić information content (AvgIpc) is 3.02. The van der Waals surface area contributed by atoms with Gasteiger partial charge < -0.3 is 13.9 Å². The second-order valence-electron chi connectivity index (χ2n) is 12.4. The molecule has 5 nitrogen and oxygen atoms in total. The Balaban J connectivity index is 2.69. The van der Waals surface area contributed by atoms with Gasteiger partial charge in [0.1, 0.15) is 5.78 Å². The quantitative estimate of drug-likeness (QED) is 0.125. The van der Waals surface area contributed by atoms with E-state index in [4.69, 9.17) is 25.5 Å². The third-order valence-electron chi connectivity index (χ3n) is 7.11. The lowest BCUT2D eigenvalue weighted by Crippen LogP contribution is -2.46. The first-order valence-electron chi connectivity index (χ1n) is 12.6. The summed E-state index contributed by atoms with van der Waals surface area (Å²) in [4.78, 5) is 23.6. The zero-order valence-electron chi connectivity index (χ0n) is 22.8. The van der Waals surface area contributed by atoms with Gasteiger partial charge in [0, 0.05) is 17.7 Å². The number of ether oxygens (including phenoxy) is 2. The molecule has 1 saturated heterocycles. The van der Waals surface area contributed by atoms with Crippen LogP contribution in [-0.2, 0) is 23.5 Å². The van der Waals surface area contributed by atoms with E-state index in [-0.39, 0.29) is 46.4 Å². The molecule has 0 spiro atoms. The van der Waals surface area contributed by atoms with E-state index >= 15 is 0 Å². The fraction of sp³-hybridized carbons (Fsp3) is 0.923. The second kappa shape index (κ2) is 12.5. The van der Waals surface area contributed by atoms with E-state index in [1.165, 1.54) is 0 Å². The highest BCUT2D eigenvalue weighted by Gasteiger charge is 2.44. The minimum absolute atomic E-state index is 0.00938. The molecule has 0 amide bonds. The van der Waals surface area contributed by atoms with Gasteiger partial charge in [-0.2, -0.15) is 0 Å². The maximum atomic E-state index is 12.0. The van der Waals surface area contributed by atoms with Crippen LogP contribution < -0.4 is 0 Å². The minimum atomic E-state index is -1.94. The van der Waals surface area contributed by atoms with Gasteiger partial charge in [0.25, 0.3) is 0 Å². The van der Waals surface area contributed by atoms with E-state index in [1.807, 2.05) is 27.7 Å². The van der Waals surface area contributed by atoms with Crippen molar-refractivity contribution in [3.8, 4) is 0 Å². The summed E-state index contributed by atoms with van der Waals surface area (Å²) in [6.45, 7) is 20.9. The molecule has 7 heteroatoms. The van der Waals surface area contributed by atoms with Gasteiger partial charge in [-0.15, -0.1) is 11.6 Å². The summed E-state index contributed by atoms with van der Waals surface area (Å²) in [6, 6.07) is 0. The zero-order valence-corrected chi connectivity index (χ0v) is 24.5. The molecule has 0 aromatic carbocycles. The standard InChI is InChI=1S/C26H49ClO5Si/c1-18(19(2)28)16-20(27)13-14-22-23(32-33(9,10)26(6,7)8)17-21(31-22)12-11-15-30-24(29)25(3,4)5/h18,20-23H,11-17H2,1-10H3/t18-,20+,21+,22+,23+/m1/s1. The smallest absolute Gasteiger partial charge is 0.311 e. The Morgan fingerprint density at radius 2 is 1.73 bits per heavy atom. The van der Waals surface area contributed by atoms with Crippen LogP contribution in [-0.4, -0.2) is 50.4 Å². The van der Waals surface area contributed by atoms with Crippen molar-refractivity contribution in [3.05, 3.63) is 0 Å². The van der Waals surface area contributed by atoms with Gasteiger partial charge in [0.2, 0.25) is 0 Å². The summed E-state index contributed by atoms with van der Waals surface area (Å²) < 4.78 is 18.6. The molecular formula is C26H49ClO5Si. The third-order valence-corrected chi connectivity index (χ3v) is 12.0. The molecule has 0 bridgehead atoms. The molecule has 1 aliphatic heterocycles. The van der Waals surface area contributed by atoms with Crippen LogP contribution >= 0.6 is 11.6 Å². The number of rotatable bonds is 12. The van der Waals surface area contributed by atoms with E-state index in [0.29, 0.717) is 13.0 Å². The molecule has 0 radical (unpaired) electrons. The summed E-state index contributed by atoms with van der Waals surface area (Å²) in [6.07, 6.45) is 4.98. The molecule has 0 unspecified atom stereocenters. The predicted molar refractivity (Wildman–Crippen MR) is 138 cm³/mol. The molecule has 194 valence electrons. The van der Waals surface area contributed by atoms with Crippen LogP contribution in [0, 0.1) is 11.3 Å². The number of halogens is 1.